The lowest BCUT2D eigenvalue weighted by Gasteiger charge is -2.36. The van der Waals surface area contributed by atoms with E-state index >= 15 is 0 Å². The number of nitrogens with zero attached hydrogens (tertiary/aromatic N) is 2. The van der Waals surface area contributed by atoms with Crippen LogP contribution in [0, 0.1) is 0 Å². The number of methoxy groups -OCH3 is 1. The molecule has 1 atom stereocenters. The van der Waals surface area contributed by atoms with Gasteiger partial charge in [-0.3, -0.25) is 4.90 Å². The second kappa shape index (κ2) is 7.08. The van der Waals surface area contributed by atoms with Gasteiger partial charge in [-0.2, -0.15) is 13.2 Å². The van der Waals surface area contributed by atoms with Gasteiger partial charge in [0.15, 0.2) is 0 Å². The molecule has 2 aromatic rings. The van der Waals surface area contributed by atoms with Gasteiger partial charge >= 0.3 is 6.18 Å². The maximum atomic E-state index is 12.8. The molecule has 1 aromatic heterocycles. The van der Waals surface area contributed by atoms with Crippen molar-refractivity contribution >= 4 is 11.3 Å². The third-order valence-electron chi connectivity index (χ3n) is 4.02. The fourth-order valence-corrected chi connectivity index (χ4v) is 3.68. The van der Waals surface area contributed by atoms with Crippen LogP contribution in [0.2, 0.25) is 0 Å². The molecule has 0 bridgehead atoms. The van der Waals surface area contributed by atoms with E-state index in [9.17, 15) is 13.2 Å². The molecular weight excluding hydrogens is 339 g/mol. The van der Waals surface area contributed by atoms with Crippen molar-refractivity contribution in [2.24, 2.45) is 0 Å². The zero-order valence-corrected chi connectivity index (χ0v) is 14.0. The summed E-state index contributed by atoms with van der Waals surface area (Å²) >= 11 is 0.711. The molecule has 0 spiro atoms. The second-order valence-corrected chi connectivity index (χ2v) is 6.66. The summed E-state index contributed by atoms with van der Waals surface area (Å²) in [4.78, 5) is 5.45. The average Bonchev–Trinajstić information content (AvgIpc) is 3.04. The normalized spacial score (nSPS) is 19.4. The third kappa shape index (κ3) is 3.71. The Balaban J connectivity index is 1.81. The first-order valence-corrected chi connectivity index (χ1v) is 8.40. The zero-order chi connectivity index (χ0) is 17.2. The van der Waals surface area contributed by atoms with E-state index in [1.54, 1.807) is 7.11 Å². The Bertz CT molecular complexity index is 689. The molecule has 0 aliphatic carbocycles. The summed E-state index contributed by atoms with van der Waals surface area (Å²) < 4.78 is 43.7. The van der Waals surface area contributed by atoms with Gasteiger partial charge in [0.05, 0.1) is 25.9 Å². The van der Waals surface area contributed by atoms with Gasteiger partial charge in [0.25, 0.3) is 0 Å². The van der Waals surface area contributed by atoms with Crippen LogP contribution < -0.4 is 10.1 Å². The van der Waals surface area contributed by atoms with Crippen LogP contribution in [-0.2, 0) is 12.7 Å². The predicted molar refractivity (Wildman–Crippen MR) is 86.1 cm³/mol. The molecule has 0 saturated carbocycles. The van der Waals surface area contributed by atoms with Crippen molar-refractivity contribution in [1.82, 2.24) is 15.2 Å². The Kier molecular flexibility index (Phi) is 5.07. The van der Waals surface area contributed by atoms with Crippen LogP contribution in [0.5, 0.6) is 5.75 Å². The van der Waals surface area contributed by atoms with Gasteiger partial charge in [-0.25, -0.2) is 4.98 Å². The summed E-state index contributed by atoms with van der Waals surface area (Å²) in [5.41, 5.74) is 1.03. The molecule has 130 valence electrons. The topological polar surface area (TPSA) is 37.4 Å². The Morgan fingerprint density at radius 2 is 2.17 bits per heavy atom. The first kappa shape index (κ1) is 17.2. The third-order valence-corrected chi connectivity index (χ3v) is 5.05. The number of nitrogens with one attached hydrogen (secondary N) is 1. The number of rotatable bonds is 4. The minimum Gasteiger partial charge on any atom is -0.496 e. The molecule has 1 unspecified atom stereocenters. The molecule has 1 fully saturated rings. The van der Waals surface area contributed by atoms with Crippen molar-refractivity contribution in [2.75, 3.05) is 26.7 Å². The maximum absolute atomic E-state index is 12.8. The van der Waals surface area contributed by atoms with Crippen molar-refractivity contribution < 1.29 is 17.9 Å². The highest BCUT2D eigenvalue weighted by atomic mass is 32.1. The molecule has 0 amide bonds. The van der Waals surface area contributed by atoms with E-state index in [-0.39, 0.29) is 6.04 Å². The number of benzene rings is 1. The SMILES string of the molecule is COc1ccccc1C1CNCCN1Cc1ncc(C(F)(F)F)s1. The summed E-state index contributed by atoms with van der Waals surface area (Å²) in [5.74, 6) is 0.784. The van der Waals surface area contributed by atoms with Crippen LogP contribution in [0.3, 0.4) is 0 Å². The Hall–Kier alpha value is -1.64. The monoisotopic (exact) mass is 357 g/mol. The molecule has 0 radical (unpaired) electrons. The fourth-order valence-electron chi connectivity index (χ4n) is 2.87. The van der Waals surface area contributed by atoms with E-state index in [2.05, 4.69) is 15.2 Å². The van der Waals surface area contributed by atoms with Gasteiger partial charge in [-0.05, 0) is 6.07 Å². The number of thiazole rings is 1. The van der Waals surface area contributed by atoms with Gasteiger partial charge < -0.3 is 10.1 Å². The number of hydrogen-bond donors (Lipinski definition) is 1. The minimum atomic E-state index is -4.33. The molecule has 2 heterocycles. The minimum absolute atomic E-state index is 0.0353. The standard InChI is InChI=1S/C16H18F3N3OS/c1-23-13-5-3-2-4-11(13)12-8-20-6-7-22(12)10-15-21-9-14(24-15)16(17,18)19/h2-5,9,12,20H,6-8,10H2,1H3. The highest BCUT2D eigenvalue weighted by Crippen LogP contribution is 2.35. The van der Waals surface area contributed by atoms with E-state index in [0.29, 0.717) is 22.9 Å². The van der Waals surface area contributed by atoms with E-state index in [0.717, 1.165) is 37.1 Å². The lowest BCUT2D eigenvalue weighted by Crippen LogP contribution is -2.45. The van der Waals surface area contributed by atoms with Gasteiger partial charge in [0, 0.05) is 25.2 Å². The van der Waals surface area contributed by atoms with Crippen LogP contribution in [0.4, 0.5) is 13.2 Å². The summed E-state index contributed by atoms with van der Waals surface area (Å²) in [6, 6.07) is 7.77. The summed E-state index contributed by atoms with van der Waals surface area (Å²) in [5, 5.41) is 3.81. The highest BCUT2D eigenvalue weighted by molar-refractivity contribution is 7.11. The molecule has 1 saturated heterocycles. The molecule has 1 aliphatic rings. The Labute approximate surface area is 142 Å². The molecule has 8 heteroatoms. The Morgan fingerprint density at radius 1 is 1.38 bits per heavy atom. The zero-order valence-electron chi connectivity index (χ0n) is 13.1. The Morgan fingerprint density at radius 3 is 2.88 bits per heavy atom. The van der Waals surface area contributed by atoms with Crippen molar-refractivity contribution in [3.63, 3.8) is 0 Å². The van der Waals surface area contributed by atoms with Crippen LogP contribution in [0.15, 0.2) is 30.5 Å². The van der Waals surface area contributed by atoms with Crippen LogP contribution >= 0.6 is 11.3 Å². The largest absolute Gasteiger partial charge is 0.496 e. The molecule has 1 N–H and O–H groups in total. The first-order valence-electron chi connectivity index (χ1n) is 7.58. The van der Waals surface area contributed by atoms with Crippen LogP contribution in [0.25, 0.3) is 0 Å². The number of alkyl halides is 3. The highest BCUT2D eigenvalue weighted by Gasteiger charge is 2.34. The van der Waals surface area contributed by atoms with Crippen molar-refractivity contribution in [2.45, 2.75) is 18.8 Å². The molecule has 4 nitrogen and oxygen atoms in total. The number of aromatic nitrogens is 1. The van der Waals surface area contributed by atoms with E-state index in [1.807, 2.05) is 24.3 Å². The fraction of sp³-hybridized carbons (Fsp3) is 0.438. The smallest absolute Gasteiger partial charge is 0.427 e. The van der Waals surface area contributed by atoms with Gasteiger partial charge in [0.2, 0.25) is 0 Å². The molecule has 1 aromatic carbocycles. The van der Waals surface area contributed by atoms with Gasteiger partial charge in [-0.1, -0.05) is 18.2 Å². The number of ether oxygens (including phenoxy) is 1. The van der Waals surface area contributed by atoms with Crippen molar-refractivity contribution in [1.29, 1.82) is 0 Å². The first-order chi connectivity index (χ1) is 11.5. The predicted octanol–water partition coefficient (Wildman–Crippen LogP) is 3.32. The molecule has 24 heavy (non-hydrogen) atoms. The maximum Gasteiger partial charge on any atom is 0.427 e. The van der Waals surface area contributed by atoms with Crippen molar-refractivity contribution in [3.8, 4) is 5.75 Å². The van der Waals surface area contributed by atoms with Crippen LogP contribution in [-0.4, -0.2) is 36.6 Å². The molecule has 3 rings (SSSR count). The second-order valence-electron chi connectivity index (χ2n) is 5.55. The number of hydrogen-bond acceptors (Lipinski definition) is 5. The number of para-hydroxylation sites is 1. The lowest BCUT2D eigenvalue weighted by atomic mass is 10.0. The summed E-state index contributed by atoms with van der Waals surface area (Å²) in [7, 11) is 1.62. The summed E-state index contributed by atoms with van der Waals surface area (Å²) in [6.07, 6.45) is -3.41. The quantitative estimate of drug-likeness (QED) is 0.911. The van der Waals surface area contributed by atoms with E-state index in [4.69, 9.17) is 4.74 Å². The molecule has 1 aliphatic heterocycles. The van der Waals surface area contributed by atoms with Gasteiger partial charge in [-0.15, -0.1) is 11.3 Å². The molecular formula is C16H18F3N3OS. The van der Waals surface area contributed by atoms with Crippen molar-refractivity contribution in [3.05, 3.63) is 45.9 Å². The average molecular weight is 357 g/mol. The lowest BCUT2D eigenvalue weighted by molar-refractivity contribution is -0.134. The van der Waals surface area contributed by atoms with Gasteiger partial charge in [0.1, 0.15) is 15.6 Å². The summed E-state index contributed by atoms with van der Waals surface area (Å²) in [6.45, 7) is 2.65. The van der Waals surface area contributed by atoms with E-state index < -0.39 is 11.1 Å². The van der Waals surface area contributed by atoms with Crippen LogP contribution in [0.1, 0.15) is 21.5 Å². The van der Waals surface area contributed by atoms with E-state index in [1.165, 1.54) is 0 Å². The number of piperazine rings is 1. The number of halogens is 3.